The first-order valence-electron chi connectivity index (χ1n) is 23.3. The van der Waals surface area contributed by atoms with Crippen molar-refractivity contribution < 1.29 is 9.47 Å². The Morgan fingerprint density at radius 2 is 1.29 bits per heavy atom. The topological polar surface area (TPSA) is 156 Å². The molecule has 0 saturated heterocycles. The number of aromatic nitrogens is 4. The van der Waals surface area contributed by atoms with Gasteiger partial charge in [-0.2, -0.15) is 18.1 Å². The molecule has 3 heterocycles. The molecule has 2 aliphatic carbocycles. The highest BCUT2D eigenvalue weighted by atomic mass is 35.5. The highest BCUT2D eigenvalue weighted by Crippen LogP contribution is 2.37. The lowest BCUT2D eigenvalue weighted by atomic mass is 9.89. The number of rotatable bonds is 12. The quantitative estimate of drug-likeness (QED) is 0.0310. The fourth-order valence-corrected chi connectivity index (χ4v) is 9.03. The third-order valence-electron chi connectivity index (χ3n) is 11.9. The van der Waals surface area contributed by atoms with Gasteiger partial charge in [0.05, 0.1) is 17.7 Å². The van der Waals surface area contributed by atoms with E-state index in [4.69, 9.17) is 56.5 Å². The monoisotopic (exact) mass is 971 g/mol. The second kappa shape index (κ2) is 26.9. The predicted molar refractivity (Wildman–Crippen MR) is 278 cm³/mol. The number of aryl methyl sites for hydroxylation is 5. The zero-order chi connectivity index (χ0) is 48.8. The molecule has 2 aliphatic rings. The first-order valence-corrected chi connectivity index (χ1v) is 24.1. The number of fused-ring (bicyclic) bond motifs is 4. The number of unbranched alkanes of at least 4 members (excludes halogenated alkanes) is 1. The third kappa shape index (κ3) is 14.7. The number of aromatic amines is 1. The summed E-state index contributed by atoms with van der Waals surface area (Å²) in [4.78, 5) is 27.3. The van der Waals surface area contributed by atoms with Crippen LogP contribution in [0.1, 0.15) is 88.0 Å². The third-order valence-corrected chi connectivity index (χ3v) is 12.3. The first-order chi connectivity index (χ1) is 34.4. The van der Waals surface area contributed by atoms with E-state index in [9.17, 15) is 0 Å². The standard InChI is InChI=1S/C25H28ClN7.C16H17ClN2.C14H10N2O2/c1-27-33-25(30-12-3-2-6-21-16-28-17-32-21)31-14-11-23-22-10-9-20(26)15-19(22)8-7-18-5-4-13-29-24(18)23;17-13-5-6-14-12(10-13)4-3-11-2-1-9-19-16(11)15(14)7-8-18;1-15-16-14(17-12-8-4-2-5-9-12)18-13-10-6-3-7-11-13/h4-5,9-10,13,15-17,23H,2-3,6-8,11-12,14H2,(H,28,32)(H2,30,31,33);1-2,5-6,9-10,15H,3-4,7-8,18H2;2-11H. The second-order valence-electron chi connectivity index (χ2n) is 16.5. The van der Waals surface area contributed by atoms with Crippen LogP contribution in [-0.2, 0) is 32.1 Å². The van der Waals surface area contributed by atoms with E-state index in [1.165, 1.54) is 39.1 Å². The van der Waals surface area contributed by atoms with E-state index in [0.717, 1.165) is 79.2 Å². The van der Waals surface area contributed by atoms with Crippen LogP contribution < -0.4 is 25.9 Å². The maximum absolute atomic E-state index is 7.18. The average molecular weight is 973 g/mol. The van der Waals surface area contributed by atoms with Crippen molar-refractivity contribution in [1.29, 1.82) is 0 Å². The van der Waals surface area contributed by atoms with Gasteiger partial charge in [-0.25, -0.2) is 9.98 Å². The van der Waals surface area contributed by atoms with E-state index >= 15 is 0 Å². The van der Waals surface area contributed by atoms with Gasteiger partial charge in [0.15, 0.2) is 5.10 Å². The molecule has 5 N–H and O–H groups in total. The van der Waals surface area contributed by atoms with Gasteiger partial charge in [0, 0.05) is 59.3 Å². The number of benzene rings is 4. The number of nitrogens with one attached hydrogen (secondary N) is 3. The van der Waals surface area contributed by atoms with Crippen molar-refractivity contribution in [1.82, 2.24) is 30.7 Å². The summed E-state index contributed by atoms with van der Waals surface area (Å²) in [5.74, 6) is 2.13. The fraction of sp³-hybridized carbons (Fsp3) is 0.255. The number of guanidine groups is 1. The van der Waals surface area contributed by atoms with E-state index in [1.54, 1.807) is 30.6 Å². The lowest BCUT2D eigenvalue weighted by Crippen LogP contribution is -2.35. The lowest BCUT2D eigenvalue weighted by molar-refractivity contribution is 0.385. The van der Waals surface area contributed by atoms with Crippen molar-refractivity contribution in [2.45, 2.75) is 69.6 Å². The molecule has 0 amide bonds. The minimum Gasteiger partial charge on any atom is -0.407 e. The summed E-state index contributed by atoms with van der Waals surface area (Å²) in [5, 5.41) is 8.38. The number of nitrogens with two attached hydrogens (primary N) is 1. The molecule has 13 nitrogen and oxygen atoms in total. The van der Waals surface area contributed by atoms with E-state index in [2.05, 4.69) is 82.1 Å². The van der Waals surface area contributed by atoms with Gasteiger partial charge in [-0.15, -0.1) is 4.95 Å². The maximum atomic E-state index is 7.18. The summed E-state index contributed by atoms with van der Waals surface area (Å²) >= 11 is 12.4. The van der Waals surface area contributed by atoms with Gasteiger partial charge >= 0.3 is 6.08 Å². The highest BCUT2D eigenvalue weighted by Gasteiger charge is 2.26. The summed E-state index contributed by atoms with van der Waals surface area (Å²) in [5.41, 5.74) is 19.8. The van der Waals surface area contributed by atoms with Crippen LogP contribution >= 0.6 is 23.2 Å². The SMILES string of the molecule is NCCC1c2ccc(Cl)cc2CCc2cccnc21.[C-]#[N+]N=C(Oc1ccccc1)Oc1ccccc1.[C-]#[N+]NC(=NCCCCc1cnc[nH]1)NCCC1c2ccc(Cl)cc2CCc2cccnc21. The number of pyridine rings is 2. The van der Waals surface area contributed by atoms with E-state index < -0.39 is 0 Å². The number of halogens is 2. The molecule has 0 bridgehead atoms. The minimum absolute atomic E-state index is 0.0950. The minimum atomic E-state index is -0.0950. The molecule has 0 fully saturated rings. The summed E-state index contributed by atoms with van der Waals surface area (Å²) in [6.45, 7) is 15.9. The Balaban J connectivity index is 0.000000166. The Labute approximate surface area is 419 Å². The lowest BCUT2D eigenvalue weighted by Gasteiger charge is -2.20. The van der Waals surface area contributed by atoms with Crippen molar-refractivity contribution in [3.63, 3.8) is 0 Å². The highest BCUT2D eigenvalue weighted by molar-refractivity contribution is 6.31. The van der Waals surface area contributed by atoms with Crippen LogP contribution in [0, 0.1) is 13.1 Å². The van der Waals surface area contributed by atoms with Crippen LogP contribution in [0.25, 0.3) is 9.91 Å². The summed E-state index contributed by atoms with van der Waals surface area (Å²) in [6, 6.07) is 38.8. The Kier molecular flexibility index (Phi) is 19.3. The van der Waals surface area contributed by atoms with E-state index in [1.807, 2.05) is 79.3 Å². The van der Waals surface area contributed by atoms with Crippen LogP contribution in [0.2, 0.25) is 10.0 Å². The Hall–Kier alpha value is -7.55. The molecule has 0 radical (unpaired) electrons. The van der Waals surface area contributed by atoms with Crippen molar-refractivity contribution in [2.75, 3.05) is 19.6 Å². The molecular formula is C55H55Cl2N11O2. The molecule has 0 saturated carbocycles. The maximum Gasteiger partial charge on any atom is 0.475 e. The molecule has 9 rings (SSSR count). The van der Waals surface area contributed by atoms with Crippen LogP contribution in [0.3, 0.4) is 0 Å². The molecule has 356 valence electrons. The van der Waals surface area contributed by atoms with Gasteiger partial charge in [-0.05, 0) is 158 Å². The van der Waals surface area contributed by atoms with Crippen molar-refractivity contribution in [3.05, 3.63) is 230 Å². The summed E-state index contributed by atoms with van der Waals surface area (Å²) < 4.78 is 10.7. The van der Waals surface area contributed by atoms with Gasteiger partial charge in [-0.1, -0.05) is 89.3 Å². The van der Waals surface area contributed by atoms with Crippen LogP contribution in [0.15, 0.2) is 156 Å². The largest absolute Gasteiger partial charge is 0.475 e. The Morgan fingerprint density at radius 1 is 0.714 bits per heavy atom. The second-order valence-corrected chi connectivity index (χ2v) is 17.3. The molecule has 2 unspecified atom stereocenters. The molecule has 0 spiro atoms. The molecule has 7 aromatic rings. The Bertz CT molecular complexity index is 2840. The number of hydrogen-bond donors (Lipinski definition) is 4. The van der Waals surface area contributed by atoms with Gasteiger partial charge in [0.1, 0.15) is 11.5 Å². The molecule has 70 heavy (non-hydrogen) atoms. The molecular weight excluding hydrogens is 918 g/mol. The fourth-order valence-electron chi connectivity index (χ4n) is 8.64. The molecule has 2 atom stereocenters. The van der Waals surface area contributed by atoms with Gasteiger partial charge in [0.2, 0.25) is 0 Å². The number of para-hydroxylation sites is 2. The van der Waals surface area contributed by atoms with Crippen LogP contribution in [-0.4, -0.2) is 51.6 Å². The number of imidazole rings is 1. The van der Waals surface area contributed by atoms with Gasteiger partial charge in [-0.3, -0.25) is 9.97 Å². The molecule has 4 aromatic carbocycles. The number of H-pyrrole nitrogens is 1. The van der Waals surface area contributed by atoms with Crippen molar-refractivity contribution >= 4 is 35.2 Å². The normalized spacial score (nSPS) is 14.2. The molecule has 15 heteroatoms. The Morgan fingerprint density at radius 3 is 1.81 bits per heavy atom. The first kappa shape index (κ1) is 50.3. The van der Waals surface area contributed by atoms with Crippen molar-refractivity contribution in [2.24, 2.45) is 15.8 Å². The smallest absolute Gasteiger partial charge is 0.407 e. The predicted octanol–water partition coefficient (Wildman–Crippen LogP) is 11.1. The zero-order valence-electron chi connectivity index (χ0n) is 38.8. The van der Waals surface area contributed by atoms with Gasteiger partial charge in [0.25, 0.3) is 5.96 Å². The average Bonchev–Trinajstić information content (AvgIpc) is 3.80. The van der Waals surface area contributed by atoms with Crippen LogP contribution in [0.4, 0.5) is 0 Å². The summed E-state index contributed by atoms with van der Waals surface area (Å²) in [7, 11) is 0. The van der Waals surface area contributed by atoms with Gasteiger partial charge < -0.3 is 25.5 Å². The molecule has 3 aromatic heterocycles. The van der Waals surface area contributed by atoms with E-state index in [0.29, 0.717) is 43.0 Å². The van der Waals surface area contributed by atoms with Crippen LogP contribution in [0.5, 0.6) is 11.5 Å². The number of nitrogens with zero attached hydrogens (tertiary/aromatic N) is 7. The number of aliphatic imine (C=N–C) groups is 1. The number of ether oxygens (including phenoxy) is 2. The van der Waals surface area contributed by atoms with E-state index in [-0.39, 0.29) is 12.0 Å². The molecule has 0 aliphatic heterocycles. The number of hydrogen-bond acceptors (Lipinski definition) is 8. The summed E-state index contributed by atoms with van der Waals surface area (Å²) in [6.07, 6.45) is 15.9. The zero-order valence-corrected chi connectivity index (χ0v) is 40.3. The van der Waals surface area contributed by atoms with Crippen molar-refractivity contribution in [3.8, 4) is 11.5 Å².